The van der Waals surface area contributed by atoms with Crippen molar-refractivity contribution in [2.24, 2.45) is 15.0 Å². The molecule has 0 unspecified atom stereocenters. The summed E-state index contributed by atoms with van der Waals surface area (Å²) in [6.45, 7) is 14.3. The number of anilines is 1. The zero-order valence-electron chi connectivity index (χ0n) is 24.2. The number of fused-ring (bicyclic) bond motifs is 1. The molecule has 10 heteroatoms. The zero-order chi connectivity index (χ0) is 28.5. The molecule has 2 aromatic heterocycles. The standard InChI is InChI=1S/C30H38N8O2/c1-7-14-37(20-39-10-4)30(21(5)8-2)36-28-25(9-3)31-18-33-29(28)35-23-11-12-26(22(6)16-23)40-24-13-15-38-27(17-24)32-19-34-38/h9,11-13,15-19H,7-8,10,14,20H2,1-6H3,(H,31,33,35)/b25-9+,30-21-,36-28+. The Morgan fingerprint density at radius 2 is 2.02 bits per heavy atom. The highest BCUT2D eigenvalue weighted by atomic mass is 16.5. The molecule has 10 nitrogen and oxygen atoms in total. The molecule has 1 N–H and O–H groups in total. The van der Waals surface area contributed by atoms with Gasteiger partial charge in [-0.3, -0.25) is 0 Å². The molecule has 1 aromatic carbocycles. The number of pyridine rings is 1. The monoisotopic (exact) mass is 542 g/mol. The van der Waals surface area contributed by atoms with Crippen LogP contribution in [0, 0.1) is 6.92 Å². The molecule has 4 rings (SSSR count). The van der Waals surface area contributed by atoms with Gasteiger partial charge in [0.2, 0.25) is 0 Å². The zero-order valence-corrected chi connectivity index (χ0v) is 24.2. The molecule has 40 heavy (non-hydrogen) atoms. The van der Waals surface area contributed by atoms with Gasteiger partial charge in [-0.15, -0.1) is 0 Å². The first-order valence-corrected chi connectivity index (χ1v) is 13.7. The first-order chi connectivity index (χ1) is 19.5. The second-order valence-electron chi connectivity index (χ2n) is 9.33. The molecule has 1 aliphatic rings. The van der Waals surface area contributed by atoms with E-state index in [0.29, 0.717) is 30.6 Å². The van der Waals surface area contributed by atoms with Crippen LogP contribution in [0.15, 0.2) is 81.0 Å². The number of aryl methyl sites for hydroxylation is 1. The minimum Gasteiger partial charge on any atom is -0.457 e. The lowest BCUT2D eigenvalue weighted by Gasteiger charge is -2.27. The molecule has 1 aliphatic heterocycles. The molecule has 0 radical (unpaired) electrons. The van der Waals surface area contributed by atoms with Crippen LogP contribution in [0.4, 0.5) is 5.69 Å². The Morgan fingerprint density at radius 1 is 1.18 bits per heavy atom. The van der Waals surface area contributed by atoms with Gasteiger partial charge in [-0.25, -0.2) is 24.5 Å². The predicted molar refractivity (Wildman–Crippen MR) is 161 cm³/mol. The summed E-state index contributed by atoms with van der Waals surface area (Å²) in [7, 11) is 0. The number of aromatic nitrogens is 3. The lowest BCUT2D eigenvalue weighted by atomic mass is 10.1. The third-order valence-corrected chi connectivity index (χ3v) is 6.42. The lowest BCUT2D eigenvalue weighted by molar-refractivity contribution is 0.0539. The van der Waals surface area contributed by atoms with Gasteiger partial charge in [0.25, 0.3) is 0 Å². The summed E-state index contributed by atoms with van der Waals surface area (Å²) >= 11 is 0. The molecule has 0 aliphatic carbocycles. The van der Waals surface area contributed by atoms with Gasteiger partial charge in [-0.1, -0.05) is 19.9 Å². The summed E-state index contributed by atoms with van der Waals surface area (Å²) in [4.78, 5) is 20.6. The van der Waals surface area contributed by atoms with Crippen molar-refractivity contribution in [1.29, 1.82) is 0 Å². The van der Waals surface area contributed by atoms with Crippen LogP contribution in [0.1, 0.15) is 53.0 Å². The van der Waals surface area contributed by atoms with E-state index in [1.807, 2.05) is 63.4 Å². The third kappa shape index (κ3) is 6.81. The Hall–Kier alpha value is -4.31. The van der Waals surface area contributed by atoms with Crippen molar-refractivity contribution >= 4 is 29.2 Å². The summed E-state index contributed by atoms with van der Waals surface area (Å²) in [6.07, 6.45) is 8.70. The van der Waals surface area contributed by atoms with Crippen molar-refractivity contribution in [2.45, 2.75) is 54.4 Å². The van der Waals surface area contributed by atoms with E-state index in [4.69, 9.17) is 14.5 Å². The SMILES string of the molecule is C/C=C1/N=CN=C(Nc2ccc(Oc3ccn4ncnc4c3)c(C)c2)/C1=N/C(=C(\C)CC)N(CCC)COCC. The minimum atomic E-state index is 0.479. The lowest BCUT2D eigenvalue weighted by Crippen LogP contribution is -2.31. The fourth-order valence-corrected chi connectivity index (χ4v) is 4.17. The van der Waals surface area contributed by atoms with Crippen LogP contribution >= 0.6 is 0 Å². The second-order valence-corrected chi connectivity index (χ2v) is 9.33. The van der Waals surface area contributed by atoms with Crippen molar-refractivity contribution in [3.63, 3.8) is 0 Å². The van der Waals surface area contributed by atoms with E-state index >= 15 is 0 Å². The van der Waals surface area contributed by atoms with Crippen molar-refractivity contribution in [1.82, 2.24) is 19.5 Å². The van der Waals surface area contributed by atoms with Gasteiger partial charge in [0.15, 0.2) is 11.5 Å². The number of amidine groups is 1. The first-order valence-electron chi connectivity index (χ1n) is 13.7. The van der Waals surface area contributed by atoms with Crippen LogP contribution in [0.2, 0.25) is 0 Å². The number of allylic oxidation sites excluding steroid dienone is 2. The van der Waals surface area contributed by atoms with E-state index in [1.54, 1.807) is 10.9 Å². The molecule has 0 bridgehead atoms. The molecule has 3 heterocycles. The normalized spacial score (nSPS) is 15.9. The van der Waals surface area contributed by atoms with E-state index in [9.17, 15) is 0 Å². The number of hydrogen-bond acceptors (Lipinski definition) is 9. The summed E-state index contributed by atoms with van der Waals surface area (Å²) in [5.41, 5.74) is 5.17. The van der Waals surface area contributed by atoms with Gasteiger partial charge in [-0.2, -0.15) is 5.10 Å². The van der Waals surface area contributed by atoms with Gasteiger partial charge in [0.1, 0.15) is 42.4 Å². The van der Waals surface area contributed by atoms with Gasteiger partial charge in [0, 0.05) is 31.1 Å². The van der Waals surface area contributed by atoms with Crippen LogP contribution in [0.25, 0.3) is 5.65 Å². The summed E-state index contributed by atoms with van der Waals surface area (Å²) < 4.78 is 13.6. The maximum atomic E-state index is 6.14. The Bertz CT molecular complexity index is 1480. The van der Waals surface area contributed by atoms with Crippen molar-refractivity contribution in [3.8, 4) is 11.5 Å². The molecule has 0 saturated heterocycles. The van der Waals surface area contributed by atoms with Crippen LogP contribution in [-0.4, -0.2) is 57.3 Å². The van der Waals surface area contributed by atoms with E-state index in [-0.39, 0.29) is 0 Å². The van der Waals surface area contributed by atoms with Crippen LogP contribution < -0.4 is 10.1 Å². The smallest absolute Gasteiger partial charge is 0.160 e. The van der Waals surface area contributed by atoms with Gasteiger partial charge in [-0.05, 0) is 75.9 Å². The number of nitrogens with one attached hydrogen (secondary N) is 1. The van der Waals surface area contributed by atoms with E-state index in [2.05, 4.69) is 51.1 Å². The second kappa shape index (κ2) is 13.7. The van der Waals surface area contributed by atoms with Gasteiger partial charge in [0.05, 0.1) is 5.70 Å². The fraction of sp³-hybridized carbons (Fsp3) is 0.367. The Balaban J connectivity index is 1.61. The number of nitrogens with zero attached hydrogens (tertiary/aromatic N) is 7. The highest BCUT2D eigenvalue weighted by molar-refractivity contribution is 6.52. The van der Waals surface area contributed by atoms with E-state index < -0.39 is 0 Å². The van der Waals surface area contributed by atoms with Crippen molar-refractivity contribution in [3.05, 3.63) is 71.6 Å². The molecule has 0 spiro atoms. The number of hydrogen-bond donors (Lipinski definition) is 1. The quantitative estimate of drug-likeness (QED) is 0.282. The number of aliphatic imine (C=N–C) groups is 3. The maximum absolute atomic E-state index is 6.14. The molecule has 0 saturated carbocycles. The molecule has 3 aromatic rings. The predicted octanol–water partition coefficient (Wildman–Crippen LogP) is 6.37. The highest BCUT2D eigenvalue weighted by Crippen LogP contribution is 2.28. The van der Waals surface area contributed by atoms with Gasteiger partial charge >= 0.3 is 0 Å². The molecule has 0 fully saturated rings. The minimum absolute atomic E-state index is 0.479. The topological polar surface area (TPSA) is 101 Å². The molecule has 0 amide bonds. The van der Waals surface area contributed by atoms with Crippen molar-refractivity contribution < 1.29 is 9.47 Å². The van der Waals surface area contributed by atoms with Crippen LogP contribution in [0.3, 0.4) is 0 Å². The number of ether oxygens (including phenoxy) is 2. The van der Waals surface area contributed by atoms with Crippen molar-refractivity contribution in [2.75, 3.05) is 25.2 Å². The molecule has 210 valence electrons. The number of rotatable bonds is 11. The maximum Gasteiger partial charge on any atom is 0.160 e. The summed E-state index contributed by atoms with van der Waals surface area (Å²) in [5.74, 6) is 2.96. The Kier molecular flexibility index (Phi) is 9.80. The molecular formula is C30H38N8O2. The summed E-state index contributed by atoms with van der Waals surface area (Å²) in [6, 6.07) is 9.65. The Morgan fingerprint density at radius 3 is 2.75 bits per heavy atom. The summed E-state index contributed by atoms with van der Waals surface area (Å²) in [5, 5.41) is 7.59. The van der Waals surface area contributed by atoms with E-state index in [0.717, 1.165) is 53.6 Å². The Labute approximate surface area is 235 Å². The highest BCUT2D eigenvalue weighted by Gasteiger charge is 2.21. The average molecular weight is 543 g/mol. The first kappa shape index (κ1) is 28.7. The van der Waals surface area contributed by atoms with Crippen LogP contribution in [-0.2, 0) is 4.74 Å². The third-order valence-electron chi connectivity index (χ3n) is 6.42. The van der Waals surface area contributed by atoms with Crippen LogP contribution in [0.5, 0.6) is 11.5 Å². The average Bonchev–Trinajstić information content (AvgIpc) is 3.43. The molecular weight excluding hydrogens is 504 g/mol. The number of benzene rings is 1. The van der Waals surface area contributed by atoms with E-state index in [1.165, 1.54) is 11.9 Å². The fourth-order valence-electron chi connectivity index (χ4n) is 4.17. The molecule has 0 atom stereocenters. The van der Waals surface area contributed by atoms with Gasteiger partial charge < -0.3 is 19.7 Å². The largest absolute Gasteiger partial charge is 0.457 e.